The minimum atomic E-state index is -0.650. The van der Waals surface area contributed by atoms with Gasteiger partial charge in [0, 0.05) is 18.3 Å². The number of aromatic hydroxyl groups is 1. The minimum Gasteiger partial charge on any atom is -0.504 e. The Labute approximate surface area is 149 Å². The number of aromatic nitrogens is 3. The zero-order chi connectivity index (χ0) is 18.5. The van der Waals surface area contributed by atoms with Gasteiger partial charge >= 0.3 is 0 Å². The van der Waals surface area contributed by atoms with Crippen molar-refractivity contribution < 1.29 is 14.6 Å². The summed E-state index contributed by atoms with van der Waals surface area (Å²) in [5, 5.41) is 23.0. The first-order chi connectivity index (χ1) is 12.6. The average Bonchev–Trinajstić information content (AvgIpc) is 3.04. The summed E-state index contributed by atoms with van der Waals surface area (Å²) in [6.45, 7) is 0.223. The third-order valence-corrected chi connectivity index (χ3v) is 3.69. The summed E-state index contributed by atoms with van der Waals surface area (Å²) in [6.07, 6.45) is 3.24. The average molecular weight is 354 g/mol. The Bertz CT molecular complexity index is 910. The largest absolute Gasteiger partial charge is 0.504 e. The summed E-state index contributed by atoms with van der Waals surface area (Å²) in [5.41, 5.74) is 6.94. The van der Waals surface area contributed by atoms with Crippen LogP contribution in [-0.2, 0) is 6.54 Å². The topological polar surface area (TPSA) is 138 Å². The molecule has 9 nitrogen and oxygen atoms in total. The predicted molar refractivity (Wildman–Crippen MR) is 96.6 cm³/mol. The molecule has 0 unspecified atom stereocenters. The molecule has 3 rings (SSSR count). The van der Waals surface area contributed by atoms with Crippen molar-refractivity contribution in [2.75, 3.05) is 17.7 Å². The zero-order valence-corrected chi connectivity index (χ0v) is 14.0. The van der Waals surface area contributed by atoms with Crippen molar-refractivity contribution in [1.82, 2.24) is 15.2 Å². The maximum Gasteiger partial charge on any atom is 0.256 e. The number of nitrogens with one attached hydrogen (secondary N) is 3. The molecular formula is C17H18N6O3. The second-order valence-corrected chi connectivity index (χ2v) is 5.37. The number of primary amides is 1. The van der Waals surface area contributed by atoms with Gasteiger partial charge in [-0.05, 0) is 18.2 Å². The fourth-order valence-corrected chi connectivity index (χ4v) is 2.44. The molecule has 0 aliphatic rings. The lowest BCUT2D eigenvalue weighted by molar-refractivity contribution is 0.100. The number of methoxy groups -OCH3 is 1. The molecule has 9 heteroatoms. The van der Waals surface area contributed by atoms with Gasteiger partial charge in [-0.1, -0.05) is 12.1 Å². The Morgan fingerprint density at radius 2 is 2.19 bits per heavy atom. The molecule has 0 saturated heterocycles. The van der Waals surface area contributed by atoms with Crippen LogP contribution in [0.25, 0.3) is 0 Å². The number of H-pyrrole nitrogens is 1. The fourth-order valence-electron chi connectivity index (χ4n) is 2.44. The van der Waals surface area contributed by atoms with Gasteiger partial charge < -0.3 is 26.2 Å². The van der Waals surface area contributed by atoms with Crippen molar-refractivity contribution in [3.63, 3.8) is 0 Å². The smallest absolute Gasteiger partial charge is 0.256 e. The Morgan fingerprint density at radius 1 is 1.35 bits per heavy atom. The van der Waals surface area contributed by atoms with E-state index in [1.54, 1.807) is 42.7 Å². The molecule has 0 radical (unpaired) electrons. The predicted octanol–water partition coefficient (Wildman–Crippen LogP) is 1.97. The van der Waals surface area contributed by atoms with Crippen LogP contribution in [0.4, 0.5) is 17.3 Å². The van der Waals surface area contributed by atoms with Gasteiger partial charge in [-0.15, -0.1) is 0 Å². The maximum absolute atomic E-state index is 11.9. The van der Waals surface area contributed by atoms with Crippen LogP contribution < -0.4 is 21.1 Å². The standard InChI is InChI=1S/C17H18N6O3/c1-26-12-6-2-4-10(14(12)24)8-20-16-13(15(18)25)17(23-22-16)21-11-5-3-7-19-9-11/h2-7,9,24H,8H2,1H3,(H2,18,25)(H3,20,21,22,23). The summed E-state index contributed by atoms with van der Waals surface area (Å²) in [7, 11) is 1.47. The molecule has 0 spiro atoms. The van der Waals surface area contributed by atoms with Gasteiger partial charge in [0.05, 0.1) is 19.0 Å². The molecule has 3 aromatic rings. The van der Waals surface area contributed by atoms with Crippen LogP contribution in [0, 0.1) is 0 Å². The third kappa shape index (κ3) is 3.51. The molecule has 0 aliphatic heterocycles. The lowest BCUT2D eigenvalue weighted by Gasteiger charge is -2.10. The van der Waals surface area contributed by atoms with Crippen LogP contribution in [-0.4, -0.2) is 33.3 Å². The number of anilines is 3. The molecule has 134 valence electrons. The lowest BCUT2D eigenvalue weighted by Crippen LogP contribution is -2.15. The third-order valence-electron chi connectivity index (χ3n) is 3.69. The minimum absolute atomic E-state index is 0.0207. The summed E-state index contributed by atoms with van der Waals surface area (Å²) in [4.78, 5) is 15.9. The van der Waals surface area contributed by atoms with E-state index in [0.717, 1.165) is 0 Å². The Morgan fingerprint density at radius 3 is 2.88 bits per heavy atom. The van der Waals surface area contributed by atoms with Crippen LogP contribution in [0.2, 0.25) is 0 Å². The molecule has 0 fully saturated rings. The van der Waals surface area contributed by atoms with Gasteiger partial charge in [0.25, 0.3) is 5.91 Å². The van der Waals surface area contributed by atoms with E-state index in [1.165, 1.54) is 7.11 Å². The molecular weight excluding hydrogens is 336 g/mol. The number of benzene rings is 1. The van der Waals surface area contributed by atoms with Gasteiger partial charge in [0.2, 0.25) is 0 Å². The van der Waals surface area contributed by atoms with Gasteiger partial charge in [0.15, 0.2) is 17.3 Å². The van der Waals surface area contributed by atoms with E-state index in [-0.39, 0.29) is 23.7 Å². The molecule has 26 heavy (non-hydrogen) atoms. The molecule has 0 bridgehead atoms. The SMILES string of the molecule is COc1cccc(CNc2n[nH]c(Nc3cccnc3)c2C(N)=O)c1O. The van der Waals surface area contributed by atoms with Crippen LogP contribution in [0.15, 0.2) is 42.7 Å². The van der Waals surface area contributed by atoms with Crippen LogP contribution >= 0.6 is 0 Å². The number of phenols is 1. The number of hydrogen-bond acceptors (Lipinski definition) is 7. The van der Waals surface area contributed by atoms with Gasteiger partial charge in [-0.3, -0.25) is 14.9 Å². The molecule has 2 aromatic heterocycles. The Hall–Kier alpha value is -3.75. The highest BCUT2D eigenvalue weighted by atomic mass is 16.5. The molecule has 6 N–H and O–H groups in total. The second kappa shape index (κ2) is 7.43. The van der Waals surface area contributed by atoms with Crippen molar-refractivity contribution in [3.8, 4) is 11.5 Å². The number of amides is 1. The van der Waals surface area contributed by atoms with Crippen molar-refractivity contribution in [1.29, 1.82) is 0 Å². The van der Waals surface area contributed by atoms with E-state index in [1.807, 2.05) is 0 Å². The summed E-state index contributed by atoms with van der Waals surface area (Å²) in [5.74, 6) is 0.351. The molecule has 1 aromatic carbocycles. The quantitative estimate of drug-likeness (QED) is 0.437. The summed E-state index contributed by atoms with van der Waals surface area (Å²) < 4.78 is 5.08. The van der Waals surface area contributed by atoms with Crippen LogP contribution in [0.1, 0.15) is 15.9 Å². The number of hydrogen-bond donors (Lipinski definition) is 5. The number of phenolic OH excluding ortho intramolecular Hbond substituents is 1. The van der Waals surface area contributed by atoms with Crippen molar-refractivity contribution >= 4 is 23.2 Å². The molecule has 1 amide bonds. The number of carbonyl (C=O) groups is 1. The molecule has 2 heterocycles. The number of rotatable bonds is 7. The Kier molecular flexibility index (Phi) is 4.88. The highest BCUT2D eigenvalue weighted by Crippen LogP contribution is 2.30. The van der Waals surface area contributed by atoms with E-state index < -0.39 is 5.91 Å². The number of aromatic amines is 1. The first-order valence-electron chi connectivity index (χ1n) is 7.74. The van der Waals surface area contributed by atoms with Crippen molar-refractivity contribution in [2.24, 2.45) is 5.73 Å². The first kappa shape index (κ1) is 17.1. The number of ether oxygens (including phenoxy) is 1. The number of nitrogens with two attached hydrogens (primary N) is 1. The van der Waals surface area contributed by atoms with E-state index >= 15 is 0 Å². The van der Waals surface area contributed by atoms with Gasteiger partial charge in [-0.2, -0.15) is 5.10 Å². The van der Waals surface area contributed by atoms with E-state index in [9.17, 15) is 9.90 Å². The fraction of sp³-hybridized carbons (Fsp3) is 0.118. The van der Waals surface area contributed by atoms with Crippen molar-refractivity contribution in [2.45, 2.75) is 6.54 Å². The molecule has 0 aliphatic carbocycles. The van der Waals surface area contributed by atoms with Crippen LogP contribution in [0.3, 0.4) is 0 Å². The van der Waals surface area contributed by atoms with Gasteiger partial charge in [0.1, 0.15) is 11.4 Å². The highest BCUT2D eigenvalue weighted by molar-refractivity contribution is 6.03. The number of nitrogens with zero attached hydrogens (tertiary/aromatic N) is 2. The van der Waals surface area contributed by atoms with E-state index in [4.69, 9.17) is 10.5 Å². The Balaban J connectivity index is 1.81. The van der Waals surface area contributed by atoms with E-state index in [0.29, 0.717) is 22.8 Å². The molecule has 0 atom stereocenters. The summed E-state index contributed by atoms with van der Waals surface area (Å²) in [6, 6.07) is 8.69. The van der Waals surface area contributed by atoms with E-state index in [2.05, 4.69) is 25.8 Å². The second-order valence-electron chi connectivity index (χ2n) is 5.37. The lowest BCUT2D eigenvalue weighted by atomic mass is 10.2. The number of para-hydroxylation sites is 1. The normalized spacial score (nSPS) is 10.3. The number of pyridine rings is 1. The van der Waals surface area contributed by atoms with Crippen molar-refractivity contribution in [3.05, 3.63) is 53.9 Å². The zero-order valence-electron chi connectivity index (χ0n) is 14.0. The van der Waals surface area contributed by atoms with Gasteiger partial charge in [-0.25, -0.2) is 0 Å². The highest BCUT2D eigenvalue weighted by Gasteiger charge is 2.19. The maximum atomic E-state index is 11.9. The first-order valence-corrected chi connectivity index (χ1v) is 7.74. The number of carbonyl (C=O) groups excluding carboxylic acids is 1. The molecule has 0 saturated carbocycles. The summed E-state index contributed by atoms with van der Waals surface area (Å²) >= 11 is 0. The van der Waals surface area contributed by atoms with Crippen LogP contribution in [0.5, 0.6) is 11.5 Å². The monoisotopic (exact) mass is 354 g/mol.